The lowest BCUT2D eigenvalue weighted by Crippen LogP contribution is -2.37. The maximum absolute atomic E-state index is 8.84. The largest absolute Gasteiger partial charge is 0.395 e. The van der Waals surface area contributed by atoms with Crippen LogP contribution in [0.4, 0.5) is 0 Å². The van der Waals surface area contributed by atoms with Crippen LogP contribution in [0.25, 0.3) is 0 Å². The second-order valence-corrected chi connectivity index (χ2v) is 3.88. The third kappa shape index (κ3) is 2.59. The number of aliphatic hydroxyl groups excluding tert-OH is 1. The van der Waals surface area contributed by atoms with Gasteiger partial charge in [0.2, 0.25) is 0 Å². The molecular formula is C9H12Cl2N2O. The summed E-state index contributed by atoms with van der Waals surface area (Å²) in [5, 5.41) is 9.85. The van der Waals surface area contributed by atoms with Gasteiger partial charge in [0, 0.05) is 22.1 Å². The van der Waals surface area contributed by atoms with Crippen molar-refractivity contribution in [2.45, 2.75) is 12.1 Å². The molecule has 1 aromatic rings. The maximum atomic E-state index is 8.84. The highest BCUT2D eigenvalue weighted by Crippen LogP contribution is 2.26. The van der Waals surface area contributed by atoms with E-state index >= 15 is 0 Å². The van der Waals surface area contributed by atoms with Crippen LogP contribution in [-0.4, -0.2) is 17.8 Å². The van der Waals surface area contributed by atoms with Gasteiger partial charge in [-0.3, -0.25) is 0 Å². The van der Waals surface area contributed by atoms with Crippen LogP contribution < -0.4 is 11.5 Å². The Hall–Kier alpha value is -0.320. The van der Waals surface area contributed by atoms with Crippen molar-refractivity contribution in [3.63, 3.8) is 0 Å². The molecule has 0 amide bonds. The van der Waals surface area contributed by atoms with E-state index < -0.39 is 12.1 Å². The third-order valence-corrected chi connectivity index (χ3v) is 2.56. The Labute approximate surface area is 92.6 Å². The molecule has 2 atom stereocenters. The average Bonchev–Trinajstić information content (AvgIpc) is 2.15. The lowest BCUT2D eigenvalue weighted by molar-refractivity contribution is 0.250. The minimum atomic E-state index is -0.520. The molecule has 0 bridgehead atoms. The highest BCUT2D eigenvalue weighted by atomic mass is 35.5. The Bertz CT molecular complexity index is 320. The minimum Gasteiger partial charge on any atom is -0.395 e. The van der Waals surface area contributed by atoms with E-state index in [0.29, 0.717) is 15.6 Å². The highest BCUT2D eigenvalue weighted by Gasteiger charge is 2.17. The van der Waals surface area contributed by atoms with E-state index in [1.165, 1.54) is 0 Å². The van der Waals surface area contributed by atoms with Crippen molar-refractivity contribution < 1.29 is 5.11 Å². The molecule has 0 heterocycles. The van der Waals surface area contributed by atoms with Gasteiger partial charge in [0.05, 0.1) is 6.61 Å². The molecule has 0 aliphatic heterocycles. The van der Waals surface area contributed by atoms with Gasteiger partial charge >= 0.3 is 0 Å². The van der Waals surface area contributed by atoms with Crippen LogP contribution in [0.2, 0.25) is 10.0 Å². The summed E-state index contributed by atoms with van der Waals surface area (Å²) in [6, 6.07) is 4.00. The van der Waals surface area contributed by atoms with Crippen molar-refractivity contribution in [3.8, 4) is 0 Å². The van der Waals surface area contributed by atoms with E-state index in [1.54, 1.807) is 18.2 Å². The molecule has 14 heavy (non-hydrogen) atoms. The van der Waals surface area contributed by atoms with Crippen LogP contribution >= 0.6 is 23.2 Å². The summed E-state index contributed by atoms with van der Waals surface area (Å²) in [7, 11) is 0. The molecule has 0 saturated heterocycles. The van der Waals surface area contributed by atoms with E-state index in [-0.39, 0.29) is 6.61 Å². The number of hydrogen-bond donors (Lipinski definition) is 3. The van der Waals surface area contributed by atoms with Crippen LogP contribution in [0.5, 0.6) is 0 Å². The summed E-state index contributed by atoms with van der Waals surface area (Å²) in [5.74, 6) is 0. The Balaban J connectivity index is 2.95. The van der Waals surface area contributed by atoms with E-state index in [2.05, 4.69) is 0 Å². The monoisotopic (exact) mass is 234 g/mol. The zero-order valence-electron chi connectivity index (χ0n) is 7.45. The van der Waals surface area contributed by atoms with Crippen molar-refractivity contribution in [1.29, 1.82) is 0 Å². The van der Waals surface area contributed by atoms with Crippen molar-refractivity contribution in [3.05, 3.63) is 33.8 Å². The molecule has 0 aliphatic carbocycles. The summed E-state index contributed by atoms with van der Waals surface area (Å²) in [4.78, 5) is 0. The van der Waals surface area contributed by atoms with E-state index in [4.69, 9.17) is 39.8 Å². The lowest BCUT2D eigenvalue weighted by Gasteiger charge is -2.19. The first-order valence-electron chi connectivity index (χ1n) is 4.13. The van der Waals surface area contributed by atoms with E-state index in [1.807, 2.05) is 0 Å². The van der Waals surface area contributed by atoms with Crippen LogP contribution in [0.15, 0.2) is 18.2 Å². The number of nitrogens with two attached hydrogens (primary N) is 2. The van der Waals surface area contributed by atoms with Gasteiger partial charge in [-0.1, -0.05) is 29.3 Å². The zero-order chi connectivity index (χ0) is 10.7. The number of aliphatic hydroxyl groups is 1. The number of rotatable bonds is 3. The fourth-order valence-corrected chi connectivity index (χ4v) is 1.65. The standard InChI is InChI=1S/C9H12Cl2N2O/c10-5-1-2-6(7(11)3-5)9(13)8(12)4-14/h1-3,8-9,14H,4,12-13H2. The normalized spacial score (nSPS) is 15.2. The Morgan fingerprint density at radius 3 is 2.43 bits per heavy atom. The smallest absolute Gasteiger partial charge is 0.0601 e. The molecule has 3 nitrogen and oxygen atoms in total. The topological polar surface area (TPSA) is 72.3 Å². The molecular weight excluding hydrogens is 223 g/mol. The predicted molar refractivity (Wildman–Crippen MR) is 58.5 cm³/mol. The fraction of sp³-hybridized carbons (Fsp3) is 0.333. The van der Waals surface area contributed by atoms with Gasteiger partial charge in [0.25, 0.3) is 0 Å². The van der Waals surface area contributed by atoms with E-state index in [0.717, 1.165) is 0 Å². The first kappa shape index (κ1) is 11.8. The third-order valence-electron chi connectivity index (χ3n) is 1.99. The van der Waals surface area contributed by atoms with E-state index in [9.17, 15) is 0 Å². The molecule has 1 aromatic carbocycles. The van der Waals surface area contributed by atoms with Gasteiger partial charge in [-0.05, 0) is 17.7 Å². The quantitative estimate of drug-likeness (QED) is 0.739. The molecule has 0 aliphatic rings. The Morgan fingerprint density at radius 2 is 1.93 bits per heavy atom. The van der Waals surface area contributed by atoms with Gasteiger partial charge in [-0.2, -0.15) is 0 Å². The summed E-state index contributed by atoms with van der Waals surface area (Å²) >= 11 is 11.7. The van der Waals surface area contributed by atoms with Crippen molar-refractivity contribution in [2.24, 2.45) is 11.5 Å². The second-order valence-electron chi connectivity index (χ2n) is 3.04. The average molecular weight is 235 g/mol. The summed E-state index contributed by atoms with van der Waals surface area (Å²) in [6.07, 6.45) is 0. The minimum absolute atomic E-state index is 0.180. The first-order chi connectivity index (χ1) is 6.56. The van der Waals surface area contributed by atoms with Crippen molar-refractivity contribution in [1.82, 2.24) is 0 Å². The molecule has 0 aromatic heterocycles. The van der Waals surface area contributed by atoms with Crippen LogP contribution in [0.3, 0.4) is 0 Å². The molecule has 0 fully saturated rings. The lowest BCUT2D eigenvalue weighted by atomic mass is 10.0. The van der Waals surface area contributed by atoms with Crippen LogP contribution in [0.1, 0.15) is 11.6 Å². The first-order valence-corrected chi connectivity index (χ1v) is 4.89. The molecule has 5 N–H and O–H groups in total. The Morgan fingerprint density at radius 1 is 1.29 bits per heavy atom. The van der Waals surface area contributed by atoms with Crippen LogP contribution in [0, 0.1) is 0 Å². The van der Waals surface area contributed by atoms with Crippen LogP contribution in [-0.2, 0) is 0 Å². The highest BCUT2D eigenvalue weighted by molar-refractivity contribution is 6.35. The zero-order valence-corrected chi connectivity index (χ0v) is 8.96. The predicted octanol–water partition coefficient (Wildman–Crippen LogP) is 1.31. The number of halogens is 2. The SMILES string of the molecule is NC(CO)C(N)c1ccc(Cl)cc1Cl. The molecule has 0 saturated carbocycles. The summed E-state index contributed by atoms with van der Waals surface area (Å²) in [6.45, 7) is -0.180. The van der Waals surface area contributed by atoms with Gasteiger partial charge in [-0.15, -0.1) is 0 Å². The van der Waals surface area contributed by atoms with Crippen molar-refractivity contribution >= 4 is 23.2 Å². The number of hydrogen-bond acceptors (Lipinski definition) is 3. The second kappa shape index (κ2) is 4.96. The number of benzene rings is 1. The Kier molecular flexibility index (Phi) is 4.16. The molecule has 2 unspecified atom stereocenters. The molecule has 0 radical (unpaired) electrons. The van der Waals surface area contributed by atoms with Crippen molar-refractivity contribution in [2.75, 3.05) is 6.61 Å². The van der Waals surface area contributed by atoms with Gasteiger partial charge in [-0.25, -0.2) is 0 Å². The van der Waals surface area contributed by atoms with Gasteiger partial charge < -0.3 is 16.6 Å². The maximum Gasteiger partial charge on any atom is 0.0601 e. The van der Waals surface area contributed by atoms with Gasteiger partial charge in [0.1, 0.15) is 0 Å². The van der Waals surface area contributed by atoms with Gasteiger partial charge in [0.15, 0.2) is 0 Å². The molecule has 1 rings (SSSR count). The molecule has 78 valence electrons. The summed E-state index contributed by atoms with van der Waals surface area (Å²) in [5.41, 5.74) is 12.1. The fourth-order valence-electron chi connectivity index (χ4n) is 1.12. The molecule has 5 heteroatoms. The summed E-state index contributed by atoms with van der Waals surface area (Å²) < 4.78 is 0. The molecule has 0 spiro atoms.